The van der Waals surface area contributed by atoms with Crippen molar-refractivity contribution in [2.24, 2.45) is 0 Å². The Hall–Kier alpha value is -0.520. The Morgan fingerprint density at radius 3 is 2.32 bits per heavy atom. The number of hydrogen-bond acceptors (Lipinski definition) is 4. The monoisotopic (exact) mass is 344 g/mol. The fraction of sp³-hybridized carbons (Fsp3) is 0.750. The fourth-order valence-electron chi connectivity index (χ4n) is 3.04. The number of ether oxygens (including phenoxy) is 1. The van der Waals surface area contributed by atoms with Gasteiger partial charge in [-0.25, -0.2) is 4.68 Å². The SMILES string of the molecule is COC1CCC(c2c(SC)nn(C(C)(C)C)c(=O)c2Cl)CC1. The third-order valence-corrected chi connectivity index (χ3v) is 5.34. The molecule has 22 heavy (non-hydrogen) atoms. The highest BCUT2D eigenvalue weighted by molar-refractivity contribution is 7.98. The Morgan fingerprint density at radius 2 is 1.86 bits per heavy atom. The van der Waals surface area contributed by atoms with Crippen LogP contribution >= 0.6 is 23.4 Å². The molecule has 0 unspecified atom stereocenters. The van der Waals surface area contributed by atoms with E-state index in [-0.39, 0.29) is 11.1 Å². The number of hydrogen-bond donors (Lipinski definition) is 0. The summed E-state index contributed by atoms with van der Waals surface area (Å²) in [6.45, 7) is 5.89. The number of halogens is 1. The minimum atomic E-state index is -0.378. The second-order valence-corrected chi connectivity index (χ2v) is 8.01. The first kappa shape index (κ1) is 17.8. The molecule has 0 aromatic carbocycles. The van der Waals surface area contributed by atoms with Gasteiger partial charge in [-0.1, -0.05) is 11.6 Å². The Kier molecular flexibility index (Phi) is 5.62. The maximum absolute atomic E-state index is 12.6. The molecule has 1 aromatic rings. The largest absolute Gasteiger partial charge is 0.381 e. The van der Waals surface area contributed by atoms with Crippen molar-refractivity contribution in [1.82, 2.24) is 9.78 Å². The number of rotatable bonds is 3. The molecule has 1 aromatic heterocycles. The van der Waals surface area contributed by atoms with Crippen LogP contribution in [0.4, 0.5) is 0 Å². The Morgan fingerprint density at radius 1 is 1.27 bits per heavy atom. The molecule has 0 amide bonds. The molecule has 1 heterocycles. The zero-order chi connectivity index (χ0) is 16.5. The maximum Gasteiger partial charge on any atom is 0.286 e. The molecule has 0 radical (unpaired) electrons. The van der Waals surface area contributed by atoms with Crippen LogP contribution in [-0.4, -0.2) is 29.3 Å². The lowest BCUT2D eigenvalue weighted by molar-refractivity contribution is 0.0655. The number of methoxy groups -OCH3 is 1. The molecule has 0 spiro atoms. The second kappa shape index (κ2) is 6.93. The van der Waals surface area contributed by atoms with Gasteiger partial charge in [-0.15, -0.1) is 11.8 Å². The summed E-state index contributed by atoms with van der Waals surface area (Å²) in [7, 11) is 1.76. The molecule has 1 aliphatic rings. The van der Waals surface area contributed by atoms with Gasteiger partial charge in [0.25, 0.3) is 5.56 Å². The molecule has 1 aliphatic carbocycles. The topological polar surface area (TPSA) is 44.1 Å². The standard InChI is InChI=1S/C16H25ClN2O2S/c1-16(2,3)19-15(20)13(17)12(14(18-19)22-5)10-6-8-11(21-4)9-7-10/h10-11H,6-9H2,1-5H3. The lowest BCUT2D eigenvalue weighted by Crippen LogP contribution is -2.37. The van der Waals surface area contributed by atoms with Crippen LogP contribution in [-0.2, 0) is 10.3 Å². The predicted octanol–water partition coefficient (Wildman–Crippen LogP) is 4.05. The molecule has 1 saturated carbocycles. The van der Waals surface area contributed by atoms with Gasteiger partial charge in [0.05, 0.1) is 11.6 Å². The molecule has 2 rings (SSSR count). The average molecular weight is 345 g/mol. The number of nitrogens with zero attached hydrogens (tertiary/aromatic N) is 2. The summed E-state index contributed by atoms with van der Waals surface area (Å²) in [6, 6.07) is 0. The molecule has 0 saturated heterocycles. The van der Waals surface area contributed by atoms with Gasteiger partial charge >= 0.3 is 0 Å². The number of thioether (sulfide) groups is 1. The van der Waals surface area contributed by atoms with Gasteiger partial charge in [0.1, 0.15) is 10.0 Å². The van der Waals surface area contributed by atoms with Crippen LogP contribution in [0.25, 0.3) is 0 Å². The third kappa shape index (κ3) is 3.52. The van der Waals surface area contributed by atoms with E-state index in [0.29, 0.717) is 17.0 Å². The van der Waals surface area contributed by atoms with Crippen molar-refractivity contribution in [2.45, 2.75) is 69.0 Å². The summed E-state index contributed by atoms with van der Waals surface area (Å²) in [5.74, 6) is 0.302. The lowest BCUT2D eigenvalue weighted by atomic mass is 9.83. The van der Waals surface area contributed by atoms with Crippen molar-refractivity contribution < 1.29 is 4.74 Å². The third-order valence-electron chi connectivity index (χ3n) is 4.28. The van der Waals surface area contributed by atoms with Crippen LogP contribution in [0.3, 0.4) is 0 Å². The summed E-state index contributed by atoms with van der Waals surface area (Å²) < 4.78 is 6.94. The Bertz CT molecular complexity index is 587. The van der Waals surface area contributed by atoms with Gasteiger partial charge < -0.3 is 4.74 Å². The van der Waals surface area contributed by atoms with Crippen molar-refractivity contribution in [3.63, 3.8) is 0 Å². The van der Waals surface area contributed by atoms with Gasteiger partial charge in [-0.3, -0.25) is 4.79 Å². The minimum Gasteiger partial charge on any atom is -0.381 e. The van der Waals surface area contributed by atoms with Gasteiger partial charge in [0.2, 0.25) is 0 Å². The van der Waals surface area contributed by atoms with Gasteiger partial charge in [-0.05, 0) is 58.6 Å². The molecule has 1 fully saturated rings. The van der Waals surface area contributed by atoms with E-state index in [9.17, 15) is 4.79 Å². The van der Waals surface area contributed by atoms with Crippen molar-refractivity contribution >= 4 is 23.4 Å². The maximum atomic E-state index is 12.6. The lowest BCUT2D eigenvalue weighted by Gasteiger charge is -2.30. The first-order valence-corrected chi connectivity index (χ1v) is 9.29. The van der Waals surface area contributed by atoms with Gasteiger partial charge in [-0.2, -0.15) is 5.10 Å². The van der Waals surface area contributed by atoms with E-state index in [0.717, 1.165) is 36.3 Å². The van der Waals surface area contributed by atoms with Gasteiger partial charge in [0, 0.05) is 12.7 Å². The van der Waals surface area contributed by atoms with Crippen LogP contribution in [0.2, 0.25) is 5.02 Å². The second-order valence-electron chi connectivity index (χ2n) is 6.83. The summed E-state index contributed by atoms with van der Waals surface area (Å²) in [5, 5.41) is 5.81. The van der Waals surface area contributed by atoms with Crippen LogP contribution in [0.5, 0.6) is 0 Å². The van der Waals surface area contributed by atoms with Crippen LogP contribution < -0.4 is 5.56 Å². The smallest absolute Gasteiger partial charge is 0.286 e. The Balaban J connectivity index is 2.44. The highest BCUT2D eigenvalue weighted by Crippen LogP contribution is 2.39. The Labute approximate surface area is 141 Å². The average Bonchev–Trinajstić information content (AvgIpc) is 2.48. The molecule has 124 valence electrons. The van der Waals surface area contributed by atoms with E-state index in [2.05, 4.69) is 5.10 Å². The number of aromatic nitrogens is 2. The zero-order valence-electron chi connectivity index (χ0n) is 14.0. The summed E-state index contributed by atoms with van der Waals surface area (Å²) in [5.41, 5.74) is 0.377. The van der Waals surface area contributed by atoms with E-state index in [1.807, 2.05) is 27.0 Å². The van der Waals surface area contributed by atoms with E-state index < -0.39 is 0 Å². The quantitative estimate of drug-likeness (QED) is 0.776. The molecular formula is C16H25ClN2O2S. The van der Waals surface area contributed by atoms with E-state index >= 15 is 0 Å². The molecule has 0 aliphatic heterocycles. The van der Waals surface area contributed by atoms with Crippen molar-refractivity contribution in [1.29, 1.82) is 0 Å². The first-order chi connectivity index (χ1) is 10.3. The van der Waals surface area contributed by atoms with Crippen LogP contribution in [0.1, 0.15) is 57.9 Å². The minimum absolute atomic E-state index is 0.184. The van der Waals surface area contributed by atoms with Crippen molar-refractivity contribution in [2.75, 3.05) is 13.4 Å². The fourth-order valence-corrected chi connectivity index (χ4v) is 4.07. The highest BCUT2D eigenvalue weighted by atomic mass is 35.5. The van der Waals surface area contributed by atoms with Gasteiger partial charge in [0.15, 0.2) is 0 Å². The molecule has 0 bridgehead atoms. The molecule has 0 atom stereocenters. The molecule has 0 N–H and O–H groups in total. The van der Waals surface area contributed by atoms with Crippen molar-refractivity contribution in [3.8, 4) is 0 Å². The van der Waals surface area contributed by atoms with Crippen LogP contribution in [0, 0.1) is 0 Å². The van der Waals surface area contributed by atoms with Crippen LogP contribution in [0.15, 0.2) is 9.82 Å². The van der Waals surface area contributed by atoms with E-state index in [1.54, 1.807) is 18.9 Å². The normalized spacial score (nSPS) is 22.8. The van der Waals surface area contributed by atoms with Crippen molar-refractivity contribution in [3.05, 3.63) is 20.9 Å². The first-order valence-electron chi connectivity index (χ1n) is 7.69. The summed E-state index contributed by atoms with van der Waals surface area (Å²) in [6.07, 6.45) is 6.32. The molecule has 4 nitrogen and oxygen atoms in total. The van der Waals surface area contributed by atoms with E-state index in [1.165, 1.54) is 4.68 Å². The van der Waals surface area contributed by atoms with E-state index in [4.69, 9.17) is 16.3 Å². The molecular weight excluding hydrogens is 320 g/mol. The molecule has 6 heteroatoms. The summed E-state index contributed by atoms with van der Waals surface area (Å²) in [4.78, 5) is 12.6. The predicted molar refractivity (Wildman–Crippen MR) is 92.3 cm³/mol. The highest BCUT2D eigenvalue weighted by Gasteiger charge is 2.30. The summed E-state index contributed by atoms with van der Waals surface area (Å²) >= 11 is 8.04. The zero-order valence-corrected chi connectivity index (χ0v) is 15.6.